The van der Waals surface area contributed by atoms with E-state index in [1.54, 1.807) is 47.3 Å². The van der Waals surface area contributed by atoms with Crippen molar-refractivity contribution in [2.45, 2.75) is 52.6 Å². The number of carbonyl (C=O) groups excluding carboxylic acids is 1. The Labute approximate surface area is 224 Å². The Balaban J connectivity index is 3.31. The first kappa shape index (κ1) is 33.4. The monoisotopic (exact) mass is 544 g/mol. The standard InChI is InChI=1S/C25H44N4O9/c1-17(2)20(30)6-5-19(24(35)36)28-11-9-26(15-21(31)32)7-8-27(16-22(33)34)10-12-29(14-13-28)23(18(3)4)25(37)38/h17-19,23H,5-16H2,1-4H3,(H,31,32)(H,33,34)(H,35,36)(H,37,38). The molecule has 1 aliphatic rings. The lowest BCUT2D eigenvalue weighted by atomic mass is 10.00. The van der Waals surface area contributed by atoms with E-state index in [0.717, 1.165) is 0 Å². The third-order valence-electron chi connectivity index (χ3n) is 6.84. The van der Waals surface area contributed by atoms with Crippen molar-refractivity contribution in [3.63, 3.8) is 0 Å². The molecule has 2 atom stereocenters. The van der Waals surface area contributed by atoms with Crippen molar-refractivity contribution in [3.05, 3.63) is 0 Å². The Morgan fingerprint density at radius 2 is 1.05 bits per heavy atom. The molecule has 0 aromatic carbocycles. The Morgan fingerprint density at radius 1 is 0.632 bits per heavy atom. The molecule has 218 valence electrons. The van der Waals surface area contributed by atoms with Gasteiger partial charge in [-0.1, -0.05) is 27.7 Å². The Bertz CT molecular complexity index is 821. The molecular weight excluding hydrogens is 500 g/mol. The number of hydrogen-bond donors (Lipinski definition) is 4. The van der Waals surface area contributed by atoms with Crippen LogP contribution in [0.1, 0.15) is 40.5 Å². The molecule has 13 nitrogen and oxygen atoms in total. The third kappa shape index (κ3) is 11.8. The second kappa shape index (κ2) is 16.4. The van der Waals surface area contributed by atoms with Gasteiger partial charge in [0.25, 0.3) is 0 Å². The van der Waals surface area contributed by atoms with Gasteiger partial charge >= 0.3 is 23.9 Å². The summed E-state index contributed by atoms with van der Waals surface area (Å²) in [4.78, 5) is 66.2. The molecule has 0 saturated carbocycles. The van der Waals surface area contributed by atoms with E-state index >= 15 is 0 Å². The SMILES string of the molecule is CC(C)C(=O)CCC(C(=O)O)N1CCN(CC(=O)O)CCN(CC(=O)O)CCN(C(C(=O)O)C(C)C)CC1. The highest BCUT2D eigenvalue weighted by Crippen LogP contribution is 2.16. The smallest absolute Gasteiger partial charge is 0.321 e. The second-order valence-corrected chi connectivity index (χ2v) is 10.5. The highest BCUT2D eigenvalue weighted by atomic mass is 16.4. The topological polar surface area (TPSA) is 179 Å². The van der Waals surface area contributed by atoms with Gasteiger partial charge in [0.15, 0.2) is 0 Å². The Hall–Kier alpha value is -2.61. The average Bonchev–Trinajstić information content (AvgIpc) is 2.78. The average molecular weight is 545 g/mol. The van der Waals surface area contributed by atoms with Gasteiger partial charge in [0.05, 0.1) is 13.1 Å². The maximum Gasteiger partial charge on any atom is 0.321 e. The molecule has 1 saturated heterocycles. The van der Waals surface area contributed by atoms with Gasteiger partial charge in [-0.3, -0.25) is 43.6 Å². The minimum atomic E-state index is -1.10. The first-order chi connectivity index (χ1) is 17.7. The predicted octanol–water partition coefficient (Wildman–Crippen LogP) is -0.0551. The van der Waals surface area contributed by atoms with E-state index in [9.17, 15) is 44.4 Å². The van der Waals surface area contributed by atoms with Crippen LogP contribution < -0.4 is 0 Å². The summed E-state index contributed by atoms with van der Waals surface area (Å²) < 4.78 is 0. The van der Waals surface area contributed by atoms with Crippen LogP contribution in [0.2, 0.25) is 0 Å². The normalized spacial score (nSPS) is 19.4. The fraction of sp³-hybridized carbons (Fsp3) is 0.800. The van der Waals surface area contributed by atoms with E-state index in [1.807, 2.05) is 0 Å². The molecule has 0 radical (unpaired) electrons. The summed E-state index contributed by atoms with van der Waals surface area (Å²) >= 11 is 0. The van der Waals surface area contributed by atoms with Crippen molar-refractivity contribution < 1.29 is 44.4 Å². The molecule has 0 aromatic rings. The van der Waals surface area contributed by atoms with Gasteiger partial charge in [0, 0.05) is 64.7 Å². The summed E-state index contributed by atoms with van der Waals surface area (Å²) in [7, 11) is 0. The summed E-state index contributed by atoms with van der Waals surface area (Å²) in [6, 6.07) is -1.86. The number of hydrogen-bond acceptors (Lipinski definition) is 9. The van der Waals surface area contributed by atoms with Crippen LogP contribution in [0.5, 0.6) is 0 Å². The van der Waals surface area contributed by atoms with E-state index in [0.29, 0.717) is 0 Å². The van der Waals surface area contributed by atoms with E-state index in [2.05, 4.69) is 0 Å². The van der Waals surface area contributed by atoms with Crippen LogP contribution in [0.4, 0.5) is 0 Å². The molecule has 1 fully saturated rings. The fourth-order valence-electron chi connectivity index (χ4n) is 4.71. The Morgan fingerprint density at radius 3 is 1.45 bits per heavy atom. The first-order valence-corrected chi connectivity index (χ1v) is 13.1. The maximum atomic E-state index is 12.3. The van der Waals surface area contributed by atoms with Crippen LogP contribution in [0.3, 0.4) is 0 Å². The summed E-state index contributed by atoms with van der Waals surface area (Å²) in [5.74, 6) is -4.76. The fourth-order valence-corrected chi connectivity index (χ4v) is 4.71. The number of ketones is 1. The number of Topliss-reactive ketones (excluding diaryl/α,β-unsaturated/α-hetero) is 1. The largest absolute Gasteiger partial charge is 0.480 e. The molecular formula is C25H44N4O9. The van der Waals surface area contributed by atoms with E-state index in [1.165, 1.54) is 0 Å². The van der Waals surface area contributed by atoms with E-state index in [-0.39, 0.29) is 95.9 Å². The number of rotatable bonds is 13. The van der Waals surface area contributed by atoms with Crippen LogP contribution in [-0.2, 0) is 24.0 Å². The number of aliphatic carboxylic acids is 4. The lowest BCUT2D eigenvalue weighted by Gasteiger charge is -2.38. The molecule has 0 aromatic heterocycles. The highest BCUT2D eigenvalue weighted by Gasteiger charge is 2.32. The van der Waals surface area contributed by atoms with Crippen molar-refractivity contribution >= 4 is 29.7 Å². The number of carbonyl (C=O) groups is 5. The first-order valence-electron chi connectivity index (χ1n) is 13.1. The van der Waals surface area contributed by atoms with Crippen LogP contribution in [0.15, 0.2) is 0 Å². The van der Waals surface area contributed by atoms with Crippen molar-refractivity contribution in [3.8, 4) is 0 Å². The lowest BCUT2D eigenvalue weighted by molar-refractivity contribution is -0.147. The van der Waals surface area contributed by atoms with Gasteiger partial charge < -0.3 is 20.4 Å². The van der Waals surface area contributed by atoms with Gasteiger partial charge in [-0.2, -0.15) is 0 Å². The predicted molar refractivity (Wildman–Crippen MR) is 138 cm³/mol. The summed E-state index contributed by atoms with van der Waals surface area (Å²) in [5, 5.41) is 38.6. The second-order valence-electron chi connectivity index (χ2n) is 10.5. The molecule has 1 rings (SSSR count). The molecule has 38 heavy (non-hydrogen) atoms. The molecule has 0 amide bonds. The van der Waals surface area contributed by atoms with Crippen molar-refractivity contribution in [1.82, 2.24) is 19.6 Å². The van der Waals surface area contributed by atoms with Crippen LogP contribution in [0, 0.1) is 11.8 Å². The van der Waals surface area contributed by atoms with E-state index < -0.39 is 36.0 Å². The molecule has 0 aliphatic carbocycles. The zero-order chi connectivity index (χ0) is 29.0. The maximum absolute atomic E-state index is 12.3. The van der Waals surface area contributed by atoms with Gasteiger partial charge in [-0.25, -0.2) is 0 Å². The zero-order valence-corrected chi connectivity index (χ0v) is 22.9. The van der Waals surface area contributed by atoms with Crippen LogP contribution >= 0.6 is 0 Å². The Kier molecular flexibility index (Phi) is 14.4. The zero-order valence-electron chi connectivity index (χ0n) is 22.9. The molecule has 13 heteroatoms. The number of nitrogens with zero attached hydrogens (tertiary/aromatic N) is 4. The quantitative estimate of drug-likeness (QED) is 0.243. The van der Waals surface area contributed by atoms with Gasteiger partial charge in [-0.05, 0) is 12.3 Å². The van der Waals surface area contributed by atoms with Crippen molar-refractivity contribution in [1.29, 1.82) is 0 Å². The molecule has 0 spiro atoms. The van der Waals surface area contributed by atoms with Gasteiger partial charge in [0.2, 0.25) is 0 Å². The van der Waals surface area contributed by atoms with Gasteiger partial charge in [-0.15, -0.1) is 0 Å². The minimum absolute atomic E-state index is 0.0518. The summed E-state index contributed by atoms with van der Waals surface area (Å²) in [5.41, 5.74) is 0. The van der Waals surface area contributed by atoms with Gasteiger partial charge in [0.1, 0.15) is 17.9 Å². The molecule has 0 bridgehead atoms. The van der Waals surface area contributed by atoms with E-state index in [4.69, 9.17) is 0 Å². The number of carboxylic acids is 4. The summed E-state index contributed by atoms with van der Waals surface area (Å²) in [6.07, 6.45) is 0.172. The number of carboxylic acid groups (broad SMARTS) is 4. The molecule has 1 aliphatic heterocycles. The van der Waals surface area contributed by atoms with Crippen LogP contribution in [0.25, 0.3) is 0 Å². The van der Waals surface area contributed by atoms with Crippen molar-refractivity contribution in [2.75, 3.05) is 65.4 Å². The third-order valence-corrected chi connectivity index (χ3v) is 6.84. The highest BCUT2D eigenvalue weighted by molar-refractivity contribution is 5.81. The summed E-state index contributed by atoms with van der Waals surface area (Å²) in [6.45, 7) is 8.25. The van der Waals surface area contributed by atoms with Crippen molar-refractivity contribution in [2.24, 2.45) is 11.8 Å². The molecule has 2 unspecified atom stereocenters. The lowest BCUT2D eigenvalue weighted by Crippen LogP contribution is -2.54. The van der Waals surface area contributed by atoms with Crippen LogP contribution in [-0.4, -0.2) is 147 Å². The molecule has 4 N–H and O–H groups in total. The molecule has 1 heterocycles. The minimum Gasteiger partial charge on any atom is -0.480 e.